The number of rotatable bonds is 5. The average molecular weight is 268 g/mol. The van der Waals surface area contributed by atoms with Crippen LogP contribution in [0, 0.1) is 10.1 Å². The fraction of sp³-hybridized carbons (Fsp3) is 0.200. The highest BCUT2D eigenvalue weighted by Gasteiger charge is 2.18. The van der Waals surface area contributed by atoms with Crippen LogP contribution in [0.15, 0.2) is 17.2 Å². The second-order valence-electron chi connectivity index (χ2n) is 3.26. The molecule has 0 aliphatic carbocycles. The van der Waals surface area contributed by atoms with Gasteiger partial charge in [-0.15, -0.1) is 0 Å². The van der Waals surface area contributed by atoms with Crippen LogP contribution in [0.1, 0.15) is 5.56 Å². The summed E-state index contributed by atoms with van der Waals surface area (Å²) in [6.07, 6.45) is 1.18. The Morgan fingerprint density at radius 2 is 2.05 bits per heavy atom. The third-order valence-corrected chi connectivity index (χ3v) is 2.11. The van der Waals surface area contributed by atoms with Crippen LogP contribution in [0.5, 0.6) is 11.5 Å². The summed E-state index contributed by atoms with van der Waals surface area (Å²) >= 11 is 0. The topological polar surface area (TPSA) is 129 Å². The van der Waals surface area contributed by atoms with E-state index in [1.165, 1.54) is 32.6 Å². The molecule has 0 unspecified atom stereocenters. The van der Waals surface area contributed by atoms with E-state index in [0.717, 1.165) is 0 Å². The standard InChI is InChI=1S/C10H12N4O5/c1-18-8-4-9(19-2)7(14(16)17)3-6(8)5-12-13-10(11)15/h3-5H,1-2H3,(H3,11,13,15)/b12-5+. The van der Waals surface area contributed by atoms with E-state index < -0.39 is 11.0 Å². The number of carbonyl (C=O) groups is 1. The minimum Gasteiger partial charge on any atom is -0.496 e. The monoisotopic (exact) mass is 268 g/mol. The number of ether oxygens (including phenoxy) is 2. The lowest BCUT2D eigenvalue weighted by Gasteiger charge is -2.07. The molecule has 102 valence electrons. The molecule has 0 bridgehead atoms. The van der Waals surface area contributed by atoms with Gasteiger partial charge in [0.25, 0.3) is 0 Å². The van der Waals surface area contributed by atoms with Gasteiger partial charge in [0.1, 0.15) is 5.75 Å². The Morgan fingerprint density at radius 3 is 2.53 bits per heavy atom. The first-order valence-corrected chi connectivity index (χ1v) is 4.98. The summed E-state index contributed by atoms with van der Waals surface area (Å²) in [4.78, 5) is 20.7. The molecule has 0 spiro atoms. The number of urea groups is 1. The molecule has 0 aliphatic heterocycles. The largest absolute Gasteiger partial charge is 0.496 e. The summed E-state index contributed by atoms with van der Waals surface area (Å²) in [7, 11) is 2.70. The average Bonchev–Trinajstić information content (AvgIpc) is 2.37. The Balaban J connectivity index is 3.21. The summed E-state index contributed by atoms with van der Waals surface area (Å²) < 4.78 is 9.93. The van der Waals surface area contributed by atoms with E-state index in [9.17, 15) is 14.9 Å². The van der Waals surface area contributed by atoms with Gasteiger partial charge in [0.2, 0.25) is 5.75 Å². The third kappa shape index (κ3) is 3.56. The van der Waals surface area contributed by atoms with Crippen LogP contribution in [0.2, 0.25) is 0 Å². The van der Waals surface area contributed by atoms with Crippen LogP contribution in [0.4, 0.5) is 10.5 Å². The van der Waals surface area contributed by atoms with Gasteiger partial charge in [-0.1, -0.05) is 0 Å². The zero-order valence-corrected chi connectivity index (χ0v) is 10.2. The molecule has 9 nitrogen and oxygen atoms in total. The number of amides is 2. The Labute approximate surface area is 108 Å². The maximum atomic E-state index is 10.9. The van der Waals surface area contributed by atoms with E-state index in [1.54, 1.807) is 0 Å². The van der Waals surface area contributed by atoms with Gasteiger partial charge in [-0.2, -0.15) is 5.10 Å². The molecule has 19 heavy (non-hydrogen) atoms. The molecule has 0 radical (unpaired) electrons. The van der Waals surface area contributed by atoms with Gasteiger partial charge in [-0.25, -0.2) is 10.2 Å². The highest BCUT2D eigenvalue weighted by atomic mass is 16.6. The number of nitrogens with zero attached hydrogens (tertiary/aromatic N) is 2. The minimum absolute atomic E-state index is 0.0573. The van der Waals surface area contributed by atoms with Gasteiger partial charge in [0.05, 0.1) is 25.4 Å². The lowest BCUT2D eigenvalue weighted by atomic mass is 10.1. The van der Waals surface area contributed by atoms with E-state index >= 15 is 0 Å². The first kappa shape index (κ1) is 14.2. The quantitative estimate of drug-likeness (QED) is 0.459. The summed E-state index contributed by atoms with van der Waals surface area (Å²) in [5.74, 6) is 0.360. The lowest BCUT2D eigenvalue weighted by molar-refractivity contribution is -0.385. The Kier molecular flexibility index (Phi) is 4.63. The number of nitrogens with one attached hydrogen (secondary N) is 1. The second-order valence-corrected chi connectivity index (χ2v) is 3.26. The molecule has 2 amide bonds. The number of nitrogens with two attached hydrogens (primary N) is 1. The number of methoxy groups -OCH3 is 2. The minimum atomic E-state index is -0.849. The number of hydrogen-bond acceptors (Lipinski definition) is 6. The smallest absolute Gasteiger partial charge is 0.332 e. The van der Waals surface area contributed by atoms with E-state index in [2.05, 4.69) is 5.10 Å². The van der Waals surface area contributed by atoms with Crippen molar-refractivity contribution in [1.82, 2.24) is 5.43 Å². The van der Waals surface area contributed by atoms with Crippen molar-refractivity contribution in [3.05, 3.63) is 27.8 Å². The number of nitro benzene ring substituents is 1. The van der Waals surface area contributed by atoms with Crippen molar-refractivity contribution in [2.75, 3.05) is 14.2 Å². The van der Waals surface area contributed by atoms with Crippen LogP contribution in [-0.2, 0) is 0 Å². The summed E-state index contributed by atoms with van der Waals surface area (Å²) in [6, 6.07) is 1.71. The Bertz CT molecular complexity index is 529. The van der Waals surface area contributed by atoms with Crippen molar-refractivity contribution in [2.24, 2.45) is 10.8 Å². The van der Waals surface area contributed by atoms with Crippen molar-refractivity contribution in [2.45, 2.75) is 0 Å². The molecule has 9 heteroatoms. The molecule has 1 aromatic carbocycles. The molecular formula is C10H12N4O5. The molecule has 0 atom stereocenters. The van der Waals surface area contributed by atoms with Crippen molar-refractivity contribution >= 4 is 17.9 Å². The zero-order chi connectivity index (χ0) is 14.4. The molecule has 0 saturated heterocycles. The number of nitro groups is 1. The summed E-state index contributed by atoms with van der Waals surface area (Å²) in [5.41, 5.74) is 6.85. The SMILES string of the molecule is COc1cc(OC)c([N+](=O)[O-])cc1/C=N/NC(N)=O. The predicted molar refractivity (Wildman–Crippen MR) is 66.5 cm³/mol. The van der Waals surface area contributed by atoms with Gasteiger partial charge < -0.3 is 15.2 Å². The van der Waals surface area contributed by atoms with Gasteiger partial charge in [-0.3, -0.25) is 10.1 Å². The van der Waals surface area contributed by atoms with E-state index in [-0.39, 0.29) is 11.4 Å². The van der Waals surface area contributed by atoms with Crippen molar-refractivity contribution in [3.8, 4) is 11.5 Å². The molecule has 0 aliphatic rings. The molecular weight excluding hydrogens is 256 g/mol. The van der Waals surface area contributed by atoms with Crippen molar-refractivity contribution in [1.29, 1.82) is 0 Å². The summed E-state index contributed by atoms with van der Waals surface area (Å²) in [6.45, 7) is 0. The highest BCUT2D eigenvalue weighted by Crippen LogP contribution is 2.33. The molecule has 1 aromatic rings. The number of primary amides is 1. The lowest BCUT2D eigenvalue weighted by Crippen LogP contribution is -2.24. The maximum Gasteiger partial charge on any atom is 0.332 e. The van der Waals surface area contributed by atoms with E-state index in [0.29, 0.717) is 11.3 Å². The number of carbonyl (C=O) groups excluding carboxylic acids is 1. The molecule has 0 aromatic heterocycles. The predicted octanol–water partition coefficient (Wildman–Crippen LogP) is 0.614. The normalized spacial score (nSPS) is 10.2. The van der Waals surface area contributed by atoms with Crippen LogP contribution in [-0.4, -0.2) is 31.4 Å². The fourth-order valence-electron chi connectivity index (χ4n) is 1.32. The van der Waals surface area contributed by atoms with Crippen LogP contribution >= 0.6 is 0 Å². The third-order valence-electron chi connectivity index (χ3n) is 2.11. The zero-order valence-electron chi connectivity index (χ0n) is 10.2. The van der Waals surface area contributed by atoms with Gasteiger partial charge in [0, 0.05) is 17.7 Å². The number of benzene rings is 1. The van der Waals surface area contributed by atoms with E-state index in [1.807, 2.05) is 5.43 Å². The molecule has 0 fully saturated rings. The van der Waals surface area contributed by atoms with E-state index in [4.69, 9.17) is 15.2 Å². The molecule has 3 N–H and O–H groups in total. The number of hydrazone groups is 1. The van der Waals surface area contributed by atoms with Gasteiger partial charge >= 0.3 is 11.7 Å². The summed E-state index contributed by atoms with van der Waals surface area (Å²) in [5, 5.41) is 14.4. The molecule has 0 heterocycles. The Hall–Kier alpha value is -2.84. The Morgan fingerprint density at radius 1 is 1.42 bits per heavy atom. The maximum absolute atomic E-state index is 10.9. The fourth-order valence-corrected chi connectivity index (χ4v) is 1.32. The second kappa shape index (κ2) is 6.19. The van der Waals surface area contributed by atoms with Gasteiger partial charge in [0.15, 0.2) is 0 Å². The van der Waals surface area contributed by atoms with Crippen LogP contribution in [0.25, 0.3) is 0 Å². The van der Waals surface area contributed by atoms with Gasteiger partial charge in [-0.05, 0) is 0 Å². The highest BCUT2D eigenvalue weighted by molar-refractivity contribution is 5.86. The molecule has 1 rings (SSSR count). The van der Waals surface area contributed by atoms with Crippen molar-refractivity contribution in [3.63, 3.8) is 0 Å². The number of hydrogen-bond donors (Lipinski definition) is 2. The van der Waals surface area contributed by atoms with Crippen LogP contribution in [0.3, 0.4) is 0 Å². The van der Waals surface area contributed by atoms with Crippen molar-refractivity contribution < 1.29 is 19.2 Å². The molecule has 0 saturated carbocycles. The first-order chi connectivity index (χ1) is 8.99. The first-order valence-electron chi connectivity index (χ1n) is 4.98. The van der Waals surface area contributed by atoms with Crippen LogP contribution < -0.4 is 20.6 Å².